The van der Waals surface area contributed by atoms with E-state index in [1.165, 1.54) is 126 Å². The molecule has 514 valence electrons. The standard InChI is InChI=1S/C108H72N2/c1-4-24-73(25-5-1)83-34-22-35-84(68-83)98-65-63-90(72-106(98)78-28-8-3-9-29-78)110(108-70-86-32-12-15-38-94(86)102-42-19-21-44-104(102)108)88-60-56-82(57-61-88)96-67-66-95(99-39-16-17-40-100(96)99)79-50-46-74(47-51-79)75-48-52-80(53-49-75)97-64-62-89(71-105(97)77-26-6-2-7-27-77)109(107-69-85-31-11-14-37-93(85)101-41-18-20-43-103(101)107)87-58-54-81(55-59-87)92-45-23-33-76-30-10-13-36-91(76)92/h1-72H. The average molecular weight is 1400 g/mol. The van der Waals surface area contributed by atoms with E-state index in [0.717, 1.165) is 73.1 Å². The van der Waals surface area contributed by atoms with Crippen LogP contribution in [0.15, 0.2) is 437 Å². The molecule has 0 amide bonds. The minimum absolute atomic E-state index is 1.07. The molecule has 0 aliphatic rings. The molecule has 0 atom stereocenters. The first-order chi connectivity index (χ1) is 54.5. The first-order valence-electron chi connectivity index (χ1n) is 37.9. The highest BCUT2D eigenvalue weighted by molar-refractivity contribution is 6.17. The van der Waals surface area contributed by atoms with Gasteiger partial charge in [-0.3, -0.25) is 0 Å². The second-order valence-electron chi connectivity index (χ2n) is 28.6. The van der Waals surface area contributed by atoms with Gasteiger partial charge in [-0.2, -0.15) is 0 Å². The van der Waals surface area contributed by atoms with Crippen molar-refractivity contribution in [2.45, 2.75) is 0 Å². The molecule has 0 N–H and O–H groups in total. The summed E-state index contributed by atoms with van der Waals surface area (Å²) in [5.74, 6) is 0. The summed E-state index contributed by atoms with van der Waals surface area (Å²) >= 11 is 0. The molecule has 0 spiro atoms. The third kappa shape index (κ3) is 12.0. The Morgan fingerprint density at radius 1 is 0.118 bits per heavy atom. The van der Waals surface area contributed by atoms with Crippen LogP contribution in [0.2, 0.25) is 0 Å². The van der Waals surface area contributed by atoms with Crippen molar-refractivity contribution < 1.29 is 0 Å². The van der Waals surface area contributed by atoms with E-state index in [9.17, 15) is 0 Å². The Hall–Kier alpha value is -14.4. The van der Waals surface area contributed by atoms with E-state index in [1.54, 1.807) is 0 Å². The van der Waals surface area contributed by atoms with Gasteiger partial charge in [0.1, 0.15) is 0 Å². The Kier molecular flexibility index (Phi) is 16.6. The fourth-order valence-electron chi connectivity index (χ4n) is 16.9. The van der Waals surface area contributed by atoms with Gasteiger partial charge < -0.3 is 9.80 Å². The third-order valence-corrected chi connectivity index (χ3v) is 22.3. The van der Waals surface area contributed by atoms with Crippen molar-refractivity contribution >= 4 is 98.8 Å². The van der Waals surface area contributed by atoms with E-state index >= 15 is 0 Å². The zero-order valence-corrected chi connectivity index (χ0v) is 60.5. The van der Waals surface area contributed by atoms with Gasteiger partial charge in [0, 0.05) is 33.5 Å². The highest BCUT2D eigenvalue weighted by Crippen LogP contribution is 2.49. The third-order valence-electron chi connectivity index (χ3n) is 22.3. The summed E-state index contributed by atoms with van der Waals surface area (Å²) in [6.07, 6.45) is 0. The van der Waals surface area contributed by atoms with Crippen LogP contribution in [-0.2, 0) is 0 Å². The summed E-state index contributed by atoms with van der Waals surface area (Å²) in [4.78, 5) is 4.92. The quantitative estimate of drug-likeness (QED) is 0.0944. The molecule has 20 rings (SSSR count). The fourth-order valence-corrected chi connectivity index (χ4v) is 16.9. The molecule has 0 aromatic heterocycles. The van der Waals surface area contributed by atoms with E-state index in [4.69, 9.17) is 0 Å². The Balaban J connectivity index is 0.624. The van der Waals surface area contributed by atoms with Crippen LogP contribution in [0, 0.1) is 0 Å². The molecule has 110 heavy (non-hydrogen) atoms. The van der Waals surface area contributed by atoms with Crippen molar-refractivity contribution in [2.75, 3.05) is 9.80 Å². The molecule has 2 nitrogen and oxygen atoms in total. The van der Waals surface area contributed by atoms with E-state index in [-0.39, 0.29) is 0 Å². The van der Waals surface area contributed by atoms with Crippen LogP contribution >= 0.6 is 0 Å². The van der Waals surface area contributed by atoms with Crippen molar-refractivity contribution in [3.63, 3.8) is 0 Å². The van der Waals surface area contributed by atoms with Gasteiger partial charge in [0.2, 0.25) is 0 Å². The number of anilines is 6. The van der Waals surface area contributed by atoms with Crippen LogP contribution in [0.3, 0.4) is 0 Å². The summed E-state index contributed by atoms with van der Waals surface area (Å²) in [5, 5.41) is 14.6. The molecule has 0 fully saturated rings. The lowest BCUT2D eigenvalue weighted by molar-refractivity contribution is 1.30. The molecule has 0 aliphatic heterocycles. The number of benzene rings is 20. The average Bonchev–Trinajstić information content (AvgIpc) is 0.751. The van der Waals surface area contributed by atoms with Crippen LogP contribution in [0.1, 0.15) is 0 Å². The maximum absolute atomic E-state index is 2.46. The molecule has 0 saturated heterocycles. The number of hydrogen-bond acceptors (Lipinski definition) is 2. The predicted molar refractivity (Wildman–Crippen MR) is 470 cm³/mol. The molecule has 20 aromatic rings. The van der Waals surface area contributed by atoms with E-state index < -0.39 is 0 Å². The minimum Gasteiger partial charge on any atom is -0.310 e. The van der Waals surface area contributed by atoms with Crippen LogP contribution in [-0.4, -0.2) is 0 Å². The molecule has 0 unspecified atom stereocenters. The van der Waals surface area contributed by atoms with Crippen molar-refractivity contribution in [1.29, 1.82) is 0 Å². The monoisotopic (exact) mass is 1400 g/mol. The Bertz CT molecular complexity index is 6840. The fraction of sp³-hybridized carbons (Fsp3) is 0. The molecule has 2 heteroatoms. The lowest BCUT2D eigenvalue weighted by Gasteiger charge is -2.29. The molecule has 0 saturated carbocycles. The number of fused-ring (bicyclic) bond motifs is 8. The van der Waals surface area contributed by atoms with Crippen molar-refractivity contribution in [1.82, 2.24) is 0 Å². The van der Waals surface area contributed by atoms with Gasteiger partial charge in [0.25, 0.3) is 0 Å². The number of rotatable bonds is 15. The topological polar surface area (TPSA) is 6.48 Å². The summed E-state index contributed by atoms with van der Waals surface area (Å²) in [7, 11) is 0. The number of nitrogens with zero attached hydrogens (tertiary/aromatic N) is 2. The summed E-state index contributed by atoms with van der Waals surface area (Å²) in [6, 6.07) is 161. The first kappa shape index (κ1) is 65.1. The maximum Gasteiger partial charge on any atom is 0.0546 e. The molecule has 0 heterocycles. The normalized spacial score (nSPS) is 11.5. The summed E-state index contributed by atoms with van der Waals surface area (Å²) in [5.41, 5.74) is 27.7. The van der Waals surface area contributed by atoms with Crippen molar-refractivity contribution in [3.8, 4) is 100 Å². The second kappa shape index (κ2) is 28.1. The zero-order valence-electron chi connectivity index (χ0n) is 60.5. The van der Waals surface area contributed by atoms with Gasteiger partial charge in [0.05, 0.1) is 11.4 Å². The van der Waals surface area contributed by atoms with Gasteiger partial charge in [-0.25, -0.2) is 0 Å². The SMILES string of the molecule is c1ccc(-c2cccc(-c3ccc(N(c4ccc(-c5ccc(-c6ccc(-c7ccc(-c8ccc(N(c9ccc(-c%10cccc%11ccccc%10%11)cc9)c9cc%10ccccc%10c%10ccccc9%10)cc8-c8ccccc8)cc7)cc6)c6ccccc56)cc4)c4cc5ccccc5c5ccccc45)cc3-c3ccccc3)c2)cc1. The van der Waals surface area contributed by atoms with Crippen molar-refractivity contribution in [2.24, 2.45) is 0 Å². The Morgan fingerprint density at radius 3 is 0.873 bits per heavy atom. The summed E-state index contributed by atoms with van der Waals surface area (Å²) in [6.45, 7) is 0. The molecule has 20 aromatic carbocycles. The van der Waals surface area contributed by atoms with Crippen LogP contribution in [0.5, 0.6) is 0 Å². The van der Waals surface area contributed by atoms with Gasteiger partial charge in [-0.05, 0) is 221 Å². The number of hydrogen-bond donors (Lipinski definition) is 0. The van der Waals surface area contributed by atoms with Gasteiger partial charge in [-0.15, -0.1) is 0 Å². The van der Waals surface area contributed by atoms with E-state index in [1.807, 2.05) is 0 Å². The predicted octanol–water partition coefficient (Wildman–Crippen LogP) is 30.5. The van der Waals surface area contributed by atoms with Gasteiger partial charge in [0.15, 0.2) is 0 Å². The lowest BCUT2D eigenvalue weighted by Crippen LogP contribution is -2.11. The molecule has 0 aliphatic carbocycles. The molecular weight excluding hydrogens is 1330 g/mol. The van der Waals surface area contributed by atoms with Crippen LogP contribution in [0.4, 0.5) is 34.1 Å². The highest BCUT2D eigenvalue weighted by Gasteiger charge is 2.24. The second-order valence-corrected chi connectivity index (χ2v) is 28.6. The smallest absolute Gasteiger partial charge is 0.0546 e. The lowest BCUT2D eigenvalue weighted by atomic mass is 9.90. The largest absolute Gasteiger partial charge is 0.310 e. The molecule has 0 radical (unpaired) electrons. The molecule has 0 bridgehead atoms. The maximum atomic E-state index is 2.46. The van der Waals surface area contributed by atoms with Crippen molar-refractivity contribution in [3.05, 3.63) is 437 Å². The Labute approximate surface area is 641 Å². The highest BCUT2D eigenvalue weighted by atomic mass is 15.1. The van der Waals surface area contributed by atoms with Gasteiger partial charge >= 0.3 is 0 Å². The van der Waals surface area contributed by atoms with Crippen LogP contribution < -0.4 is 9.80 Å². The summed E-state index contributed by atoms with van der Waals surface area (Å²) < 4.78 is 0. The van der Waals surface area contributed by atoms with E-state index in [0.29, 0.717) is 0 Å². The Morgan fingerprint density at radius 2 is 0.400 bits per heavy atom. The zero-order chi connectivity index (χ0) is 72.9. The first-order valence-corrected chi connectivity index (χ1v) is 37.9. The minimum atomic E-state index is 1.07. The van der Waals surface area contributed by atoms with Crippen LogP contribution in [0.25, 0.3) is 165 Å². The molecular formula is C108H72N2. The van der Waals surface area contributed by atoms with E-state index in [2.05, 4.69) is 447 Å². The van der Waals surface area contributed by atoms with Gasteiger partial charge in [-0.1, -0.05) is 370 Å².